The molecule has 112 valence electrons. The van der Waals surface area contributed by atoms with Gasteiger partial charge in [0.1, 0.15) is 0 Å². The summed E-state index contributed by atoms with van der Waals surface area (Å²) in [5, 5.41) is 0. The van der Waals surface area contributed by atoms with Gasteiger partial charge >= 0.3 is 5.97 Å². The summed E-state index contributed by atoms with van der Waals surface area (Å²) < 4.78 is 35.3. The lowest BCUT2D eigenvalue weighted by atomic mass is 10.1. The number of sulfonamides is 1. The lowest BCUT2D eigenvalue weighted by molar-refractivity contribution is -0.140. The molecular weight excluding hydrogens is 270 g/mol. The van der Waals surface area contributed by atoms with Crippen molar-refractivity contribution in [1.82, 2.24) is 4.31 Å². The minimum atomic E-state index is -3.32. The summed E-state index contributed by atoms with van der Waals surface area (Å²) in [5.74, 6) is -0.417. The predicted octanol–water partition coefficient (Wildman–Crippen LogP) is 0.770. The maximum absolute atomic E-state index is 12.0. The molecule has 1 rings (SSSR count). The zero-order chi connectivity index (χ0) is 14.3. The molecule has 1 unspecified atom stereocenters. The minimum absolute atomic E-state index is 0.00543. The van der Waals surface area contributed by atoms with Gasteiger partial charge < -0.3 is 9.47 Å². The minimum Gasteiger partial charge on any atom is -0.469 e. The predicted molar refractivity (Wildman–Crippen MR) is 71.3 cm³/mol. The highest BCUT2D eigenvalue weighted by Crippen LogP contribution is 2.15. The molecule has 0 aromatic rings. The lowest BCUT2D eigenvalue weighted by Crippen LogP contribution is -2.38. The van der Waals surface area contributed by atoms with Gasteiger partial charge in [0.15, 0.2) is 0 Å². The Bertz CT molecular complexity index is 376. The number of rotatable bonds is 7. The molecule has 0 amide bonds. The van der Waals surface area contributed by atoms with E-state index in [9.17, 15) is 13.2 Å². The van der Waals surface area contributed by atoms with Gasteiger partial charge in [-0.3, -0.25) is 4.79 Å². The van der Waals surface area contributed by atoms with E-state index in [4.69, 9.17) is 4.74 Å². The molecular formula is C12H23NO5S. The summed E-state index contributed by atoms with van der Waals surface area (Å²) in [6, 6.07) is 0. The average molecular weight is 293 g/mol. The van der Waals surface area contributed by atoms with Crippen LogP contribution in [0, 0.1) is 0 Å². The Morgan fingerprint density at radius 2 is 2.16 bits per heavy atom. The van der Waals surface area contributed by atoms with E-state index in [-0.39, 0.29) is 30.7 Å². The molecule has 1 aliphatic heterocycles. The standard InChI is InChI=1S/C12H23NO5S/c1-13(10-11-6-3-4-8-18-11)19(15,16)9-5-7-12(14)17-2/h11H,3-10H2,1-2H3. The van der Waals surface area contributed by atoms with Crippen molar-refractivity contribution >= 4 is 16.0 Å². The second-order valence-corrected chi connectivity index (χ2v) is 6.96. The summed E-state index contributed by atoms with van der Waals surface area (Å²) in [6.45, 7) is 1.10. The fourth-order valence-corrected chi connectivity index (χ4v) is 3.22. The lowest BCUT2D eigenvalue weighted by Gasteiger charge is -2.27. The highest BCUT2D eigenvalue weighted by atomic mass is 32.2. The third-order valence-electron chi connectivity index (χ3n) is 3.22. The maximum atomic E-state index is 12.0. The first-order valence-electron chi connectivity index (χ1n) is 6.58. The summed E-state index contributed by atoms with van der Waals surface area (Å²) >= 11 is 0. The van der Waals surface area contributed by atoms with Crippen LogP contribution in [0.2, 0.25) is 0 Å². The Kier molecular flexibility index (Phi) is 6.74. The second kappa shape index (κ2) is 7.81. The van der Waals surface area contributed by atoms with Crippen LogP contribution in [0.3, 0.4) is 0 Å². The fourth-order valence-electron chi connectivity index (χ4n) is 2.01. The van der Waals surface area contributed by atoms with Gasteiger partial charge in [-0.15, -0.1) is 0 Å². The number of methoxy groups -OCH3 is 1. The normalized spacial score (nSPS) is 20.5. The molecule has 6 nitrogen and oxygen atoms in total. The third-order valence-corrected chi connectivity index (χ3v) is 5.12. The SMILES string of the molecule is COC(=O)CCCS(=O)(=O)N(C)CC1CCCCO1. The van der Waals surface area contributed by atoms with Crippen LogP contribution in [0.25, 0.3) is 0 Å². The molecule has 0 radical (unpaired) electrons. The van der Waals surface area contributed by atoms with Gasteiger partial charge in [-0.1, -0.05) is 0 Å². The van der Waals surface area contributed by atoms with Crippen LogP contribution in [-0.4, -0.2) is 57.9 Å². The van der Waals surface area contributed by atoms with Crippen LogP contribution < -0.4 is 0 Å². The van der Waals surface area contributed by atoms with Crippen molar-refractivity contribution in [3.8, 4) is 0 Å². The Morgan fingerprint density at radius 3 is 2.74 bits per heavy atom. The van der Waals surface area contributed by atoms with E-state index >= 15 is 0 Å². The molecule has 0 N–H and O–H groups in total. The van der Waals surface area contributed by atoms with Crippen molar-refractivity contribution in [1.29, 1.82) is 0 Å². The Balaban J connectivity index is 2.35. The zero-order valence-corrected chi connectivity index (χ0v) is 12.4. The molecule has 1 atom stereocenters. The number of hydrogen-bond acceptors (Lipinski definition) is 5. The quantitative estimate of drug-likeness (QED) is 0.648. The molecule has 1 aliphatic rings. The van der Waals surface area contributed by atoms with Gasteiger partial charge in [0.05, 0.1) is 19.0 Å². The average Bonchev–Trinajstić information content (AvgIpc) is 2.39. The Hall–Kier alpha value is -0.660. The molecule has 0 aliphatic carbocycles. The number of carbonyl (C=O) groups excluding carboxylic acids is 1. The number of ether oxygens (including phenoxy) is 2. The van der Waals surface area contributed by atoms with Crippen LogP contribution in [0.1, 0.15) is 32.1 Å². The van der Waals surface area contributed by atoms with Gasteiger partial charge in [0.2, 0.25) is 10.0 Å². The van der Waals surface area contributed by atoms with Crippen LogP contribution in [-0.2, 0) is 24.3 Å². The Morgan fingerprint density at radius 1 is 1.42 bits per heavy atom. The Labute approximate surface area is 115 Å². The first kappa shape index (κ1) is 16.4. The van der Waals surface area contributed by atoms with E-state index in [1.807, 2.05) is 0 Å². The van der Waals surface area contributed by atoms with Crippen molar-refractivity contribution in [2.45, 2.75) is 38.2 Å². The van der Waals surface area contributed by atoms with E-state index < -0.39 is 10.0 Å². The molecule has 0 aromatic carbocycles. The van der Waals surface area contributed by atoms with Crippen LogP contribution in [0.4, 0.5) is 0 Å². The van der Waals surface area contributed by atoms with Gasteiger partial charge in [0, 0.05) is 26.6 Å². The fraction of sp³-hybridized carbons (Fsp3) is 0.917. The number of esters is 1. The van der Waals surface area contributed by atoms with Crippen molar-refractivity contribution < 1.29 is 22.7 Å². The first-order valence-corrected chi connectivity index (χ1v) is 8.19. The van der Waals surface area contributed by atoms with Gasteiger partial charge in [-0.25, -0.2) is 12.7 Å². The second-order valence-electron chi connectivity index (χ2n) is 4.76. The zero-order valence-electron chi connectivity index (χ0n) is 11.6. The smallest absolute Gasteiger partial charge is 0.305 e. The summed E-state index contributed by atoms with van der Waals surface area (Å²) in [7, 11) is -0.462. The van der Waals surface area contributed by atoms with E-state index in [0.29, 0.717) is 13.2 Å². The van der Waals surface area contributed by atoms with Crippen molar-refractivity contribution in [3.63, 3.8) is 0 Å². The van der Waals surface area contributed by atoms with Crippen molar-refractivity contribution in [2.75, 3.05) is 33.1 Å². The highest BCUT2D eigenvalue weighted by molar-refractivity contribution is 7.89. The molecule has 0 saturated carbocycles. The number of likely N-dealkylation sites (N-methyl/N-ethyl adjacent to an activating group) is 1. The number of nitrogens with zero attached hydrogens (tertiary/aromatic N) is 1. The van der Waals surface area contributed by atoms with Gasteiger partial charge in [-0.2, -0.15) is 0 Å². The molecule has 0 spiro atoms. The third kappa shape index (κ3) is 5.88. The van der Waals surface area contributed by atoms with E-state index in [1.165, 1.54) is 11.4 Å². The van der Waals surface area contributed by atoms with Gasteiger partial charge in [-0.05, 0) is 25.7 Å². The summed E-state index contributed by atoms with van der Waals surface area (Å²) in [6.07, 6.45) is 3.44. The topological polar surface area (TPSA) is 72.9 Å². The monoisotopic (exact) mass is 293 g/mol. The number of hydrogen-bond donors (Lipinski definition) is 0. The van der Waals surface area contributed by atoms with Crippen molar-refractivity contribution in [2.24, 2.45) is 0 Å². The van der Waals surface area contributed by atoms with Gasteiger partial charge in [0.25, 0.3) is 0 Å². The molecule has 1 heterocycles. The van der Waals surface area contributed by atoms with E-state index in [0.717, 1.165) is 19.3 Å². The van der Waals surface area contributed by atoms with Crippen LogP contribution in [0.5, 0.6) is 0 Å². The van der Waals surface area contributed by atoms with Crippen LogP contribution in [0.15, 0.2) is 0 Å². The molecule has 19 heavy (non-hydrogen) atoms. The highest BCUT2D eigenvalue weighted by Gasteiger charge is 2.23. The largest absolute Gasteiger partial charge is 0.469 e. The van der Waals surface area contributed by atoms with E-state index in [1.54, 1.807) is 7.05 Å². The summed E-state index contributed by atoms with van der Waals surface area (Å²) in [4.78, 5) is 10.9. The van der Waals surface area contributed by atoms with Crippen molar-refractivity contribution in [3.05, 3.63) is 0 Å². The molecule has 0 aromatic heterocycles. The van der Waals surface area contributed by atoms with E-state index in [2.05, 4.69) is 4.74 Å². The molecule has 1 fully saturated rings. The number of carbonyl (C=O) groups is 1. The summed E-state index contributed by atoms with van der Waals surface area (Å²) in [5.41, 5.74) is 0. The molecule has 0 bridgehead atoms. The molecule has 1 saturated heterocycles. The molecule has 7 heteroatoms. The van der Waals surface area contributed by atoms with Crippen LogP contribution >= 0.6 is 0 Å². The first-order chi connectivity index (χ1) is 8.95. The maximum Gasteiger partial charge on any atom is 0.305 e.